The molecule has 20 heavy (non-hydrogen) atoms. The monoisotopic (exact) mass is 341 g/mol. The zero-order valence-electron chi connectivity index (χ0n) is 12.0. The first kappa shape index (κ1) is 16.7. The molecule has 5 nitrogen and oxygen atoms in total. The lowest BCUT2D eigenvalue weighted by Crippen LogP contribution is -2.36. The Morgan fingerprint density at radius 3 is 2.65 bits per heavy atom. The van der Waals surface area contributed by atoms with Gasteiger partial charge >= 0.3 is 0 Å². The van der Waals surface area contributed by atoms with E-state index in [1.165, 1.54) is 4.90 Å². The minimum atomic E-state index is -0.198. The Labute approximate surface area is 127 Å². The van der Waals surface area contributed by atoms with Gasteiger partial charge in [0.05, 0.1) is 6.54 Å². The Bertz CT molecular complexity index is 491. The number of carbonyl (C=O) groups is 2. The third kappa shape index (κ3) is 5.30. The molecule has 0 aliphatic carbocycles. The van der Waals surface area contributed by atoms with E-state index in [1.807, 2.05) is 25.1 Å². The fourth-order valence-corrected chi connectivity index (χ4v) is 2.16. The van der Waals surface area contributed by atoms with Crippen LogP contribution in [0.2, 0.25) is 0 Å². The van der Waals surface area contributed by atoms with Crippen LogP contribution < -0.4 is 10.6 Å². The van der Waals surface area contributed by atoms with Crippen LogP contribution in [0.4, 0.5) is 5.69 Å². The van der Waals surface area contributed by atoms with Gasteiger partial charge in [-0.2, -0.15) is 0 Å². The maximum absolute atomic E-state index is 11.9. The van der Waals surface area contributed by atoms with Crippen molar-refractivity contribution in [2.45, 2.75) is 13.3 Å². The highest BCUT2D eigenvalue weighted by molar-refractivity contribution is 9.10. The molecule has 0 saturated carbocycles. The fourth-order valence-electron chi connectivity index (χ4n) is 1.68. The molecule has 2 N–H and O–H groups in total. The van der Waals surface area contributed by atoms with Crippen molar-refractivity contribution in [3.8, 4) is 0 Å². The number of rotatable bonds is 6. The van der Waals surface area contributed by atoms with Gasteiger partial charge in [0.1, 0.15) is 0 Å². The molecular formula is C14H20BrN3O2. The molecule has 0 fully saturated rings. The molecule has 0 saturated heterocycles. The van der Waals surface area contributed by atoms with E-state index in [2.05, 4.69) is 26.6 Å². The van der Waals surface area contributed by atoms with Crippen LogP contribution in [0.1, 0.15) is 12.0 Å². The first-order valence-electron chi connectivity index (χ1n) is 6.38. The second-order valence-corrected chi connectivity index (χ2v) is 5.53. The summed E-state index contributed by atoms with van der Waals surface area (Å²) >= 11 is 3.37. The van der Waals surface area contributed by atoms with Crippen LogP contribution in [0.3, 0.4) is 0 Å². The lowest BCUT2D eigenvalue weighted by atomic mass is 10.2. The molecule has 110 valence electrons. The zero-order valence-corrected chi connectivity index (χ0v) is 13.6. The smallest absolute Gasteiger partial charge is 0.243 e. The lowest BCUT2D eigenvalue weighted by molar-refractivity contribution is -0.133. The van der Waals surface area contributed by atoms with Gasteiger partial charge in [-0.1, -0.05) is 15.9 Å². The molecule has 0 radical (unpaired) electrons. The van der Waals surface area contributed by atoms with E-state index < -0.39 is 0 Å². The molecule has 0 spiro atoms. The minimum absolute atomic E-state index is 0.0536. The summed E-state index contributed by atoms with van der Waals surface area (Å²) in [4.78, 5) is 25.0. The number of likely N-dealkylation sites (N-methyl/N-ethyl adjacent to an activating group) is 1. The van der Waals surface area contributed by atoms with E-state index in [-0.39, 0.29) is 18.4 Å². The average Bonchev–Trinajstić information content (AvgIpc) is 2.39. The molecule has 0 aliphatic heterocycles. The van der Waals surface area contributed by atoms with Crippen molar-refractivity contribution < 1.29 is 9.59 Å². The largest absolute Gasteiger partial charge is 0.336 e. The fraction of sp³-hybridized carbons (Fsp3) is 0.429. The van der Waals surface area contributed by atoms with Crippen molar-refractivity contribution in [2.24, 2.45) is 0 Å². The topological polar surface area (TPSA) is 61.4 Å². The number of carbonyl (C=O) groups excluding carboxylic acids is 2. The number of amides is 2. The Balaban J connectivity index is 2.52. The first-order chi connectivity index (χ1) is 9.43. The van der Waals surface area contributed by atoms with Crippen LogP contribution >= 0.6 is 15.9 Å². The molecule has 1 aromatic rings. The van der Waals surface area contributed by atoms with Gasteiger partial charge in [0.2, 0.25) is 11.8 Å². The SMILES string of the molecule is CNCCC(=O)N(C)CC(=O)Nc1ccc(Br)cc1C. The minimum Gasteiger partial charge on any atom is -0.336 e. The zero-order chi connectivity index (χ0) is 15.1. The van der Waals surface area contributed by atoms with E-state index >= 15 is 0 Å². The molecule has 0 unspecified atom stereocenters. The van der Waals surface area contributed by atoms with E-state index in [0.717, 1.165) is 15.7 Å². The van der Waals surface area contributed by atoms with E-state index in [4.69, 9.17) is 0 Å². The van der Waals surface area contributed by atoms with Crippen molar-refractivity contribution >= 4 is 33.4 Å². The third-order valence-corrected chi connectivity index (χ3v) is 3.35. The molecule has 0 heterocycles. The highest BCUT2D eigenvalue weighted by Crippen LogP contribution is 2.19. The van der Waals surface area contributed by atoms with Crippen molar-refractivity contribution in [2.75, 3.05) is 32.5 Å². The van der Waals surface area contributed by atoms with Gasteiger partial charge in [0.25, 0.3) is 0 Å². The second-order valence-electron chi connectivity index (χ2n) is 4.61. The summed E-state index contributed by atoms with van der Waals surface area (Å²) in [5, 5.41) is 5.72. The molecule has 0 aromatic heterocycles. The summed E-state index contributed by atoms with van der Waals surface area (Å²) in [5.74, 6) is -0.252. The van der Waals surface area contributed by atoms with Gasteiger partial charge in [-0.15, -0.1) is 0 Å². The molecule has 0 atom stereocenters. The second kappa shape index (κ2) is 8.01. The van der Waals surface area contributed by atoms with Crippen molar-refractivity contribution in [1.29, 1.82) is 0 Å². The lowest BCUT2D eigenvalue weighted by Gasteiger charge is -2.17. The van der Waals surface area contributed by atoms with Crippen LogP contribution in [0.5, 0.6) is 0 Å². The van der Waals surface area contributed by atoms with Gasteiger partial charge < -0.3 is 15.5 Å². The highest BCUT2D eigenvalue weighted by Gasteiger charge is 2.13. The summed E-state index contributed by atoms with van der Waals surface area (Å²) in [6.45, 7) is 2.58. The number of anilines is 1. The number of aryl methyl sites for hydroxylation is 1. The van der Waals surface area contributed by atoms with Gasteiger partial charge in [0.15, 0.2) is 0 Å². The molecule has 2 amide bonds. The predicted molar refractivity (Wildman–Crippen MR) is 83.7 cm³/mol. The van der Waals surface area contributed by atoms with Crippen LogP contribution in [0.25, 0.3) is 0 Å². The highest BCUT2D eigenvalue weighted by atomic mass is 79.9. The number of hydrogen-bond acceptors (Lipinski definition) is 3. The molecule has 1 aromatic carbocycles. The molecule has 0 aliphatic rings. The van der Waals surface area contributed by atoms with Crippen molar-refractivity contribution in [1.82, 2.24) is 10.2 Å². The van der Waals surface area contributed by atoms with Gasteiger partial charge in [0, 0.05) is 30.2 Å². The standard InChI is InChI=1S/C14H20BrN3O2/c1-10-8-11(15)4-5-12(10)17-13(19)9-18(3)14(20)6-7-16-2/h4-5,8,16H,6-7,9H2,1-3H3,(H,17,19). The predicted octanol–water partition coefficient (Wildman–Crippen LogP) is 1.76. The van der Waals surface area contributed by atoms with Crippen molar-refractivity contribution in [3.05, 3.63) is 28.2 Å². The van der Waals surface area contributed by atoms with Crippen molar-refractivity contribution in [3.63, 3.8) is 0 Å². The van der Waals surface area contributed by atoms with Crippen LogP contribution in [0, 0.1) is 6.92 Å². The van der Waals surface area contributed by atoms with E-state index in [9.17, 15) is 9.59 Å². The molecular weight excluding hydrogens is 322 g/mol. The maximum atomic E-state index is 11.9. The summed E-state index contributed by atoms with van der Waals surface area (Å²) in [5.41, 5.74) is 1.73. The Hall–Kier alpha value is -1.40. The van der Waals surface area contributed by atoms with E-state index in [0.29, 0.717) is 13.0 Å². The first-order valence-corrected chi connectivity index (χ1v) is 7.18. The van der Waals surface area contributed by atoms with Gasteiger partial charge in [-0.3, -0.25) is 9.59 Å². The molecule has 6 heteroatoms. The maximum Gasteiger partial charge on any atom is 0.243 e. The Morgan fingerprint density at radius 2 is 2.05 bits per heavy atom. The Kier molecular flexibility index (Phi) is 6.67. The van der Waals surface area contributed by atoms with Crippen LogP contribution in [-0.4, -0.2) is 43.9 Å². The third-order valence-electron chi connectivity index (χ3n) is 2.86. The summed E-state index contributed by atoms with van der Waals surface area (Å²) in [6, 6.07) is 5.63. The van der Waals surface area contributed by atoms with Crippen LogP contribution in [-0.2, 0) is 9.59 Å². The molecule has 0 bridgehead atoms. The average molecular weight is 342 g/mol. The number of halogens is 1. The molecule has 1 rings (SSSR count). The number of hydrogen-bond donors (Lipinski definition) is 2. The van der Waals surface area contributed by atoms with Gasteiger partial charge in [-0.05, 0) is 37.7 Å². The number of benzene rings is 1. The van der Waals surface area contributed by atoms with E-state index in [1.54, 1.807) is 14.1 Å². The normalized spacial score (nSPS) is 10.2. The number of nitrogens with one attached hydrogen (secondary N) is 2. The number of nitrogens with zero attached hydrogens (tertiary/aromatic N) is 1. The quantitative estimate of drug-likeness (QED) is 0.828. The summed E-state index contributed by atoms with van der Waals surface area (Å²) in [7, 11) is 3.42. The Morgan fingerprint density at radius 1 is 1.35 bits per heavy atom. The van der Waals surface area contributed by atoms with Crippen LogP contribution in [0.15, 0.2) is 22.7 Å². The summed E-state index contributed by atoms with van der Waals surface area (Å²) in [6.07, 6.45) is 0.386. The summed E-state index contributed by atoms with van der Waals surface area (Å²) < 4.78 is 0.965. The van der Waals surface area contributed by atoms with Gasteiger partial charge in [-0.25, -0.2) is 0 Å².